The van der Waals surface area contributed by atoms with E-state index in [0.29, 0.717) is 13.2 Å². The maximum Gasteiger partial charge on any atom is 0.263 e. The normalized spacial score (nSPS) is 16.7. The molecule has 2 spiro atoms. The average molecular weight is 867 g/mol. The topological polar surface area (TPSA) is 113 Å². The standard InChI is InChI=1S/C48H42N4O4S4/c1-4-16-53-37-20-31(18-29(26-49)27-50)57-45(37)41-24-39-43(59-41)33-22-36-34(23-35(33)47(55-39)12-8-6-9-13-47)44-40(56-48(36)14-10-7-11-15-48)25-42(60-44)46-38(54-17-5-2)21-32(58-46)19-30(28-51)52-3/h18-25H,4-17H2,1-2H3/b30-19-. The largest absolute Gasteiger partial charge is 0.492 e. The summed E-state index contributed by atoms with van der Waals surface area (Å²) in [6.07, 6.45) is 15.5. The Morgan fingerprint density at radius 2 is 1.12 bits per heavy atom. The third-order valence-corrected chi connectivity index (χ3v) is 16.6. The Morgan fingerprint density at radius 3 is 1.53 bits per heavy atom. The van der Waals surface area contributed by atoms with Crippen molar-refractivity contribution in [1.29, 1.82) is 15.8 Å². The molecule has 8 nitrogen and oxygen atoms in total. The van der Waals surface area contributed by atoms with Gasteiger partial charge in [-0.3, -0.25) is 0 Å². The first kappa shape index (κ1) is 40.1. The summed E-state index contributed by atoms with van der Waals surface area (Å²) in [5, 5.41) is 28.5. The number of hydrogen-bond donors (Lipinski definition) is 0. The van der Waals surface area contributed by atoms with Gasteiger partial charge < -0.3 is 18.9 Å². The molecule has 302 valence electrons. The molecule has 9 rings (SSSR count). The van der Waals surface area contributed by atoms with Crippen LogP contribution in [0.5, 0.6) is 23.0 Å². The lowest BCUT2D eigenvalue weighted by molar-refractivity contribution is 0.0206. The van der Waals surface area contributed by atoms with Crippen LogP contribution in [-0.4, -0.2) is 13.2 Å². The van der Waals surface area contributed by atoms with Crippen LogP contribution in [0.1, 0.15) is 112 Å². The fraction of sp³-hybridized carbons (Fsp3) is 0.375. The fourth-order valence-electron chi connectivity index (χ4n) is 9.11. The quantitative estimate of drug-likeness (QED) is 0.101. The second-order valence-corrected chi connectivity index (χ2v) is 20.1. The van der Waals surface area contributed by atoms with Crippen molar-refractivity contribution in [3.8, 4) is 81.6 Å². The van der Waals surface area contributed by atoms with Crippen LogP contribution in [0.2, 0.25) is 0 Å². The predicted molar refractivity (Wildman–Crippen MR) is 241 cm³/mol. The van der Waals surface area contributed by atoms with Gasteiger partial charge in [0, 0.05) is 44.1 Å². The molecule has 2 aliphatic carbocycles. The highest BCUT2D eigenvalue weighted by atomic mass is 32.1. The molecule has 60 heavy (non-hydrogen) atoms. The predicted octanol–water partition coefficient (Wildman–Crippen LogP) is 14.5. The first-order valence-electron chi connectivity index (χ1n) is 20.8. The molecule has 0 atom stereocenters. The number of rotatable bonds is 10. The van der Waals surface area contributed by atoms with Gasteiger partial charge in [-0.1, -0.05) is 26.7 Å². The zero-order chi connectivity index (χ0) is 41.4. The van der Waals surface area contributed by atoms with Crippen LogP contribution in [-0.2, 0) is 11.2 Å². The Balaban J connectivity index is 1.21. The molecule has 5 aromatic rings. The van der Waals surface area contributed by atoms with E-state index in [0.717, 1.165) is 126 Å². The van der Waals surface area contributed by atoms with Crippen molar-refractivity contribution >= 4 is 57.5 Å². The summed E-state index contributed by atoms with van der Waals surface area (Å²) < 4.78 is 27.2. The summed E-state index contributed by atoms with van der Waals surface area (Å²) in [6.45, 7) is 12.7. The summed E-state index contributed by atoms with van der Waals surface area (Å²) in [5.74, 6) is 3.32. The Bertz CT molecular complexity index is 2500. The van der Waals surface area contributed by atoms with E-state index in [-0.39, 0.29) is 11.3 Å². The van der Waals surface area contributed by atoms with Gasteiger partial charge in [0.2, 0.25) is 0 Å². The van der Waals surface area contributed by atoms with Gasteiger partial charge in [-0.05, 0) is 101 Å². The van der Waals surface area contributed by atoms with Gasteiger partial charge in [-0.15, -0.1) is 45.3 Å². The van der Waals surface area contributed by atoms with Crippen molar-refractivity contribution in [2.75, 3.05) is 13.2 Å². The lowest BCUT2D eigenvalue weighted by atomic mass is 9.71. The highest BCUT2D eigenvalue weighted by molar-refractivity contribution is 7.25. The van der Waals surface area contributed by atoms with Gasteiger partial charge in [0.1, 0.15) is 51.9 Å². The van der Waals surface area contributed by atoms with Gasteiger partial charge in [0.25, 0.3) is 5.70 Å². The van der Waals surface area contributed by atoms with Gasteiger partial charge in [0.15, 0.2) is 0 Å². The third-order valence-electron chi connectivity index (χ3n) is 11.8. The molecule has 6 heterocycles. The smallest absolute Gasteiger partial charge is 0.263 e. The maximum absolute atomic E-state index is 9.51. The van der Waals surface area contributed by atoms with Crippen molar-refractivity contribution in [3.05, 3.63) is 80.0 Å². The average Bonchev–Trinajstić information content (AvgIpc) is 4.08. The summed E-state index contributed by atoms with van der Waals surface area (Å²) in [6, 6.07) is 19.2. The van der Waals surface area contributed by atoms with Crippen LogP contribution >= 0.6 is 45.3 Å². The maximum atomic E-state index is 9.51. The molecule has 1 aromatic carbocycles. The summed E-state index contributed by atoms with van der Waals surface area (Å²) >= 11 is 6.52. The van der Waals surface area contributed by atoms with E-state index >= 15 is 0 Å². The molecular weight excluding hydrogens is 825 g/mol. The Morgan fingerprint density at radius 1 is 0.650 bits per heavy atom. The Hall–Kier alpha value is -5.34. The minimum absolute atomic E-state index is 0.0452. The highest BCUT2D eigenvalue weighted by Gasteiger charge is 2.48. The van der Waals surface area contributed by atoms with Crippen molar-refractivity contribution in [2.24, 2.45) is 0 Å². The molecule has 4 aromatic heterocycles. The number of nitriles is 3. The molecule has 12 heteroatoms. The number of fused-ring (bicyclic) bond motifs is 8. The van der Waals surface area contributed by atoms with E-state index in [9.17, 15) is 15.8 Å². The molecule has 0 saturated heterocycles. The minimum atomic E-state index is -0.455. The molecular formula is C48H42N4O4S4. The number of benzene rings is 1. The first-order valence-corrected chi connectivity index (χ1v) is 24.0. The highest BCUT2D eigenvalue weighted by Crippen LogP contribution is 2.62. The van der Waals surface area contributed by atoms with Crippen molar-refractivity contribution in [2.45, 2.75) is 102 Å². The van der Waals surface area contributed by atoms with E-state index in [4.69, 9.17) is 25.5 Å². The number of allylic oxidation sites excluding steroid dienone is 2. The zero-order valence-corrected chi connectivity index (χ0v) is 36.8. The van der Waals surface area contributed by atoms with E-state index < -0.39 is 11.2 Å². The molecule has 0 unspecified atom stereocenters. The second-order valence-electron chi connectivity index (χ2n) is 15.8. The monoisotopic (exact) mass is 866 g/mol. The Labute approximate surface area is 367 Å². The SMILES string of the molecule is [C-]#[N+]/C(C#N)=C\c1cc(OCCC)c(-c2cc3c(s2)-c2cc4c(cc2C2(CCCCC2)O3)-c2sc(-c3sc(C=C(C#N)C#N)cc3OCCC)cc2OC42CCCCC2)s1. The van der Waals surface area contributed by atoms with E-state index in [1.807, 2.05) is 30.3 Å². The van der Waals surface area contributed by atoms with E-state index in [1.54, 1.807) is 34.8 Å². The van der Waals surface area contributed by atoms with Crippen LogP contribution in [0.25, 0.3) is 57.4 Å². The molecule has 2 saturated carbocycles. The van der Waals surface area contributed by atoms with Gasteiger partial charge in [-0.25, -0.2) is 10.1 Å². The van der Waals surface area contributed by atoms with Crippen molar-refractivity contribution in [3.63, 3.8) is 0 Å². The lowest BCUT2D eigenvalue weighted by Crippen LogP contribution is -2.40. The van der Waals surface area contributed by atoms with Crippen LogP contribution in [0.3, 0.4) is 0 Å². The summed E-state index contributed by atoms with van der Waals surface area (Å²) in [7, 11) is 0. The van der Waals surface area contributed by atoms with Crippen LogP contribution in [0, 0.1) is 40.6 Å². The lowest BCUT2D eigenvalue weighted by Gasteiger charge is -2.45. The number of hydrogen-bond acceptors (Lipinski definition) is 11. The second kappa shape index (κ2) is 16.6. The summed E-state index contributed by atoms with van der Waals surface area (Å²) in [5.41, 5.74) is 4.15. The molecule has 2 fully saturated rings. The number of thiophene rings is 4. The van der Waals surface area contributed by atoms with E-state index in [2.05, 4.69) is 43.0 Å². The first-order chi connectivity index (χ1) is 29.3. The van der Waals surface area contributed by atoms with Crippen molar-refractivity contribution in [1.82, 2.24) is 0 Å². The third kappa shape index (κ3) is 7.10. The molecule has 4 aliphatic rings. The summed E-state index contributed by atoms with van der Waals surface area (Å²) in [4.78, 5) is 11.3. The van der Waals surface area contributed by atoms with Crippen LogP contribution < -0.4 is 18.9 Å². The van der Waals surface area contributed by atoms with Crippen LogP contribution in [0.4, 0.5) is 0 Å². The molecule has 0 N–H and O–H groups in total. The number of ether oxygens (including phenoxy) is 4. The Kier molecular flexibility index (Phi) is 11.1. The number of nitrogens with zero attached hydrogens (tertiary/aromatic N) is 4. The molecule has 2 aliphatic heterocycles. The fourth-order valence-corrected chi connectivity index (χ4v) is 13.6. The molecule has 0 radical (unpaired) electrons. The molecule has 0 bridgehead atoms. The van der Waals surface area contributed by atoms with Gasteiger partial charge in [-0.2, -0.15) is 10.5 Å². The van der Waals surface area contributed by atoms with Crippen molar-refractivity contribution < 1.29 is 18.9 Å². The molecule has 0 amide bonds. The zero-order valence-electron chi connectivity index (χ0n) is 33.6. The van der Waals surface area contributed by atoms with Gasteiger partial charge >= 0.3 is 0 Å². The van der Waals surface area contributed by atoms with E-state index in [1.165, 1.54) is 57.8 Å². The van der Waals surface area contributed by atoms with Gasteiger partial charge in [0.05, 0.1) is 55.1 Å². The minimum Gasteiger partial charge on any atom is -0.492 e. The van der Waals surface area contributed by atoms with Crippen LogP contribution in [0.15, 0.2) is 47.7 Å².